The minimum atomic E-state index is -0.892. The summed E-state index contributed by atoms with van der Waals surface area (Å²) >= 11 is 1.27. The number of rotatable bonds is 2. The van der Waals surface area contributed by atoms with Gasteiger partial charge in [-0.3, -0.25) is 0 Å². The van der Waals surface area contributed by atoms with Gasteiger partial charge in [0.2, 0.25) is 0 Å². The molecule has 0 atom stereocenters. The molecule has 0 radical (unpaired) electrons. The Morgan fingerprint density at radius 1 is 1.23 bits per heavy atom. The number of nitrogens with zero attached hydrogens (tertiary/aromatic N) is 2. The van der Waals surface area contributed by atoms with E-state index in [0.717, 1.165) is 21.6 Å². The molecule has 114 valence electrons. The van der Waals surface area contributed by atoms with Crippen molar-refractivity contribution in [3.8, 4) is 5.69 Å². The number of hydrogen-bond donors (Lipinski definition) is 1. The molecule has 1 N–H and O–H groups in total. The Balaban J connectivity index is 2.30. The maximum Gasteiger partial charge on any atom is 0.345 e. The number of aromatic nitrogens is 2. The number of aromatic carboxylic acids is 1. The first-order chi connectivity index (χ1) is 10.3. The van der Waals surface area contributed by atoms with Crippen molar-refractivity contribution in [2.45, 2.75) is 33.1 Å². The summed E-state index contributed by atoms with van der Waals surface area (Å²) in [5, 5.41) is 15.0. The first-order valence-corrected chi connectivity index (χ1v) is 7.92. The zero-order valence-corrected chi connectivity index (χ0v) is 13.9. The average molecular weight is 314 g/mol. The molecule has 3 rings (SSSR count). The van der Waals surface area contributed by atoms with Crippen molar-refractivity contribution in [3.63, 3.8) is 0 Å². The summed E-state index contributed by atoms with van der Waals surface area (Å²) in [6, 6.07) is 9.82. The maximum atomic E-state index is 11.3. The highest BCUT2D eigenvalue weighted by Crippen LogP contribution is 2.36. The Hall–Kier alpha value is -2.14. The van der Waals surface area contributed by atoms with E-state index in [1.54, 1.807) is 6.07 Å². The highest BCUT2D eigenvalue weighted by Gasteiger charge is 2.25. The summed E-state index contributed by atoms with van der Waals surface area (Å²) in [4.78, 5) is 12.5. The van der Waals surface area contributed by atoms with E-state index in [0.29, 0.717) is 4.88 Å². The smallest absolute Gasteiger partial charge is 0.345 e. The van der Waals surface area contributed by atoms with Crippen LogP contribution in [0.4, 0.5) is 0 Å². The molecule has 0 spiro atoms. The van der Waals surface area contributed by atoms with Gasteiger partial charge in [-0.1, -0.05) is 38.5 Å². The van der Waals surface area contributed by atoms with E-state index in [4.69, 9.17) is 5.10 Å². The number of carboxylic acid groups (broad SMARTS) is 1. The van der Waals surface area contributed by atoms with Crippen LogP contribution in [0, 0.1) is 6.92 Å². The van der Waals surface area contributed by atoms with Crippen LogP contribution < -0.4 is 0 Å². The van der Waals surface area contributed by atoms with Gasteiger partial charge in [0.05, 0.1) is 11.4 Å². The molecule has 0 amide bonds. The molecule has 0 saturated heterocycles. The first kappa shape index (κ1) is 14.8. The molecule has 4 nitrogen and oxygen atoms in total. The first-order valence-electron chi connectivity index (χ1n) is 7.11. The third-order valence-corrected chi connectivity index (χ3v) is 4.66. The fraction of sp³-hybridized carbons (Fsp3) is 0.294. The number of carbonyl (C=O) groups is 1. The molecule has 5 heteroatoms. The molecule has 3 aromatic rings. The van der Waals surface area contributed by atoms with Gasteiger partial charge >= 0.3 is 5.97 Å². The van der Waals surface area contributed by atoms with Gasteiger partial charge < -0.3 is 5.11 Å². The quantitative estimate of drug-likeness (QED) is 0.763. The van der Waals surface area contributed by atoms with Crippen molar-refractivity contribution < 1.29 is 9.90 Å². The Labute approximate surface area is 133 Å². The van der Waals surface area contributed by atoms with Crippen LogP contribution in [0.5, 0.6) is 0 Å². The summed E-state index contributed by atoms with van der Waals surface area (Å²) in [6.45, 7) is 8.31. The van der Waals surface area contributed by atoms with Crippen molar-refractivity contribution in [3.05, 3.63) is 46.5 Å². The molecule has 0 bridgehead atoms. The Morgan fingerprint density at radius 3 is 2.41 bits per heavy atom. The topological polar surface area (TPSA) is 55.1 Å². The highest BCUT2D eigenvalue weighted by atomic mass is 32.1. The molecule has 2 heterocycles. The van der Waals surface area contributed by atoms with Gasteiger partial charge in [-0.15, -0.1) is 11.3 Å². The third-order valence-electron chi connectivity index (χ3n) is 3.56. The van der Waals surface area contributed by atoms with E-state index >= 15 is 0 Å². The number of fused-ring (bicyclic) bond motifs is 1. The second-order valence-corrected chi connectivity index (χ2v) is 7.51. The van der Waals surface area contributed by atoms with Crippen LogP contribution in [0.2, 0.25) is 0 Å². The normalized spacial score (nSPS) is 12.0. The van der Waals surface area contributed by atoms with Crippen LogP contribution in [-0.4, -0.2) is 20.9 Å². The van der Waals surface area contributed by atoms with Crippen molar-refractivity contribution in [2.24, 2.45) is 0 Å². The highest BCUT2D eigenvalue weighted by molar-refractivity contribution is 7.20. The minimum Gasteiger partial charge on any atom is -0.477 e. The Kier molecular flexibility index (Phi) is 3.33. The number of thiophene rings is 1. The number of benzene rings is 1. The molecular weight excluding hydrogens is 296 g/mol. The lowest BCUT2D eigenvalue weighted by Gasteiger charge is -2.15. The maximum absolute atomic E-state index is 11.3. The molecule has 1 aromatic carbocycles. The SMILES string of the molecule is Cc1ccc(-n2nc(C(C)(C)C)c3cc(C(=O)O)sc32)cc1. The van der Waals surface area contributed by atoms with Crippen molar-refractivity contribution in [1.82, 2.24) is 9.78 Å². The molecule has 22 heavy (non-hydrogen) atoms. The van der Waals surface area contributed by atoms with Gasteiger partial charge in [0.25, 0.3) is 0 Å². The molecule has 2 aromatic heterocycles. The average Bonchev–Trinajstić information content (AvgIpc) is 2.97. The zero-order valence-electron chi connectivity index (χ0n) is 13.0. The van der Waals surface area contributed by atoms with E-state index in [1.807, 2.05) is 35.9 Å². The second kappa shape index (κ2) is 4.95. The van der Waals surface area contributed by atoms with Crippen molar-refractivity contribution in [2.75, 3.05) is 0 Å². The summed E-state index contributed by atoms with van der Waals surface area (Å²) in [7, 11) is 0. The standard InChI is InChI=1S/C17H18N2O2S/c1-10-5-7-11(8-6-10)19-15-12(9-13(22-15)16(20)21)14(18-19)17(2,3)4/h5-9H,1-4H3,(H,20,21). The Morgan fingerprint density at radius 2 is 1.86 bits per heavy atom. The molecule has 0 aliphatic rings. The fourth-order valence-electron chi connectivity index (χ4n) is 2.43. The summed E-state index contributed by atoms with van der Waals surface area (Å²) in [5.74, 6) is -0.892. The lowest BCUT2D eigenvalue weighted by atomic mass is 9.91. The number of carboxylic acids is 1. The van der Waals surface area contributed by atoms with Crippen LogP contribution in [0.1, 0.15) is 41.7 Å². The van der Waals surface area contributed by atoms with Gasteiger partial charge in [-0.05, 0) is 25.1 Å². The van der Waals surface area contributed by atoms with Gasteiger partial charge in [-0.25, -0.2) is 9.48 Å². The van der Waals surface area contributed by atoms with Crippen molar-refractivity contribution in [1.29, 1.82) is 0 Å². The van der Waals surface area contributed by atoms with Gasteiger partial charge in [0.1, 0.15) is 9.71 Å². The van der Waals surface area contributed by atoms with Gasteiger partial charge in [0, 0.05) is 10.8 Å². The second-order valence-electron chi connectivity index (χ2n) is 6.48. The predicted molar refractivity (Wildman–Crippen MR) is 89.3 cm³/mol. The lowest BCUT2D eigenvalue weighted by molar-refractivity contribution is 0.0702. The number of hydrogen-bond acceptors (Lipinski definition) is 3. The zero-order chi connectivity index (χ0) is 16.1. The van der Waals surface area contributed by atoms with Crippen LogP contribution in [0.25, 0.3) is 15.9 Å². The predicted octanol–water partition coefficient (Wildman–Crippen LogP) is 4.39. The van der Waals surface area contributed by atoms with Crippen LogP contribution in [0.3, 0.4) is 0 Å². The van der Waals surface area contributed by atoms with Crippen LogP contribution in [0.15, 0.2) is 30.3 Å². The summed E-state index contributed by atoms with van der Waals surface area (Å²) < 4.78 is 1.85. The Bertz CT molecular complexity index is 851. The van der Waals surface area contributed by atoms with Gasteiger partial charge in [0.15, 0.2) is 0 Å². The molecule has 0 aliphatic heterocycles. The van der Waals surface area contributed by atoms with Crippen LogP contribution >= 0.6 is 11.3 Å². The molecule has 0 unspecified atom stereocenters. The van der Waals surface area contributed by atoms with E-state index in [-0.39, 0.29) is 5.41 Å². The van der Waals surface area contributed by atoms with Gasteiger partial charge in [-0.2, -0.15) is 5.10 Å². The van der Waals surface area contributed by atoms with Crippen molar-refractivity contribution >= 4 is 27.5 Å². The molecule has 0 saturated carbocycles. The summed E-state index contributed by atoms with van der Waals surface area (Å²) in [6.07, 6.45) is 0. The summed E-state index contributed by atoms with van der Waals surface area (Å²) in [5.41, 5.74) is 2.91. The van der Waals surface area contributed by atoms with E-state index in [2.05, 4.69) is 20.8 Å². The molecular formula is C17H18N2O2S. The van der Waals surface area contributed by atoms with E-state index in [9.17, 15) is 9.90 Å². The van der Waals surface area contributed by atoms with E-state index in [1.165, 1.54) is 16.9 Å². The largest absolute Gasteiger partial charge is 0.477 e. The minimum absolute atomic E-state index is 0.148. The number of aryl methyl sites for hydroxylation is 1. The molecule has 0 aliphatic carbocycles. The van der Waals surface area contributed by atoms with Crippen LogP contribution in [-0.2, 0) is 5.41 Å². The molecule has 0 fully saturated rings. The third kappa shape index (κ3) is 2.41. The fourth-order valence-corrected chi connectivity index (χ4v) is 3.40. The lowest BCUT2D eigenvalue weighted by Crippen LogP contribution is -2.13. The monoisotopic (exact) mass is 314 g/mol. The van der Waals surface area contributed by atoms with E-state index < -0.39 is 5.97 Å².